The average molecular weight is 443 g/mol. The van der Waals surface area contributed by atoms with E-state index in [-0.39, 0.29) is 6.54 Å². The number of ether oxygens (including phenoxy) is 1. The van der Waals surface area contributed by atoms with Crippen LogP contribution in [-0.4, -0.2) is 42.8 Å². The molecule has 1 heterocycles. The third-order valence-corrected chi connectivity index (χ3v) is 5.96. The number of para-hydroxylation sites is 1. The molecule has 1 atom stereocenters. The molecular weight excluding hydrogens is 416 g/mol. The minimum Gasteiger partial charge on any atom is -0.494 e. The zero-order chi connectivity index (χ0) is 22.4. The predicted octanol–water partition coefficient (Wildman–Crippen LogP) is 2.74. The number of imidazole rings is 1. The number of rotatable bonds is 9. The molecule has 1 N–H and O–H groups in total. The summed E-state index contributed by atoms with van der Waals surface area (Å²) in [6, 6.07) is 13.3. The normalized spacial score (nSPS) is 12.2. The van der Waals surface area contributed by atoms with E-state index in [9.17, 15) is 13.2 Å². The molecule has 1 amide bonds. The summed E-state index contributed by atoms with van der Waals surface area (Å²) < 4.78 is 33.3. The summed E-state index contributed by atoms with van der Waals surface area (Å²) in [5.74, 6) is 0.229. The number of sulfonamides is 1. The molecule has 0 saturated heterocycles. The van der Waals surface area contributed by atoms with Gasteiger partial charge in [0.15, 0.2) is 0 Å². The summed E-state index contributed by atoms with van der Waals surface area (Å²) in [4.78, 5) is 16.9. The highest BCUT2D eigenvalue weighted by molar-refractivity contribution is 7.92. The minimum atomic E-state index is -3.69. The number of nitrogens with one attached hydrogen (secondary N) is 1. The maximum absolute atomic E-state index is 12.9. The van der Waals surface area contributed by atoms with Crippen molar-refractivity contribution >= 4 is 21.6 Å². The number of amides is 1. The SMILES string of the molecule is CCOc1ccc(N(C(C)C(=O)NCc2ccccc2-n2ccnc2)S(C)(=O)=O)cc1. The molecule has 0 fully saturated rings. The quantitative estimate of drug-likeness (QED) is 0.550. The summed E-state index contributed by atoms with van der Waals surface area (Å²) in [5.41, 5.74) is 2.17. The molecule has 31 heavy (non-hydrogen) atoms. The Morgan fingerprint density at radius 3 is 2.52 bits per heavy atom. The summed E-state index contributed by atoms with van der Waals surface area (Å²) in [6.45, 7) is 4.19. The Morgan fingerprint density at radius 1 is 1.19 bits per heavy atom. The van der Waals surface area contributed by atoms with Gasteiger partial charge in [-0.3, -0.25) is 9.10 Å². The Bertz CT molecular complexity index is 1110. The van der Waals surface area contributed by atoms with E-state index < -0.39 is 22.0 Å². The molecule has 1 unspecified atom stereocenters. The van der Waals surface area contributed by atoms with Crippen LogP contribution < -0.4 is 14.4 Å². The number of benzene rings is 2. The third-order valence-electron chi connectivity index (χ3n) is 4.72. The molecule has 3 rings (SSSR count). The van der Waals surface area contributed by atoms with Gasteiger partial charge in [-0.2, -0.15) is 0 Å². The molecule has 0 spiro atoms. The molecule has 1 aromatic heterocycles. The highest BCUT2D eigenvalue weighted by Gasteiger charge is 2.29. The van der Waals surface area contributed by atoms with Crippen LogP contribution in [0.25, 0.3) is 5.69 Å². The van der Waals surface area contributed by atoms with Gasteiger partial charge in [0, 0.05) is 18.9 Å². The number of hydrogen-bond acceptors (Lipinski definition) is 5. The molecule has 0 aliphatic heterocycles. The number of aromatic nitrogens is 2. The standard InChI is InChI=1S/C22H26N4O4S/c1-4-30-20-11-9-19(10-12-20)26(31(3,28)29)17(2)22(27)24-15-18-7-5-6-8-21(18)25-14-13-23-16-25/h5-14,16-17H,4,15H2,1-3H3,(H,24,27). The second kappa shape index (κ2) is 9.65. The van der Waals surface area contributed by atoms with E-state index in [0.717, 1.165) is 21.8 Å². The first-order chi connectivity index (χ1) is 14.8. The Kier molecular flexibility index (Phi) is 6.96. The van der Waals surface area contributed by atoms with Crippen molar-refractivity contribution in [1.29, 1.82) is 0 Å². The zero-order valence-corrected chi connectivity index (χ0v) is 18.5. The minimum absolute atomic E-state index is 0.248. The van der Waals surface area contributed by atoms with Gasteiger partial charge in [0.2, 0.25) is 15.9 Å². The number of carbonyl (C=O) groups is 1. The van der Waals surface area contributed by atoms with Crippen LogP contribution in [0.5, 0.6) is 5.75 Å². The van der Waals surface area contributed by atoms with E-state index in [4.69, 9.17) is 4.74 Å². The topological polar surface area (TPSA) is 93.5 Å². The average Bonchev–Trinajstić information content (AvgIpc) is 3.27. The van der Waals surface area contributed by atoms with E-state index in [1.54, 1.807) is 43.7 Å². The van der Waals surface area contributed by atoms with Crippen molar-refractivity contribution in [2.75, 3.05) is 17.2 Å². The first kappa shape index (κ1) is 22.4. The van der Waals surface area contributed by atoms with Crippen molar-refractivity contribution in [1.82, 2.24) is 14.9 Å². The largest absolute Gasteiger partial charge is 0.494 e. The monoisotopic (exact) mass is 442 g/mol. The van der Waals surface area contributed by atoms with Gasteiger partial charge < -0.3 is 14.6 Å². The third kappa shape index (κ3) is 5.43. The lowest BCUT2D eigenvalue weighted by atomic mass is 10.1. The van der Waals surface area contributed by atoms with Crippen LogP contribution in [0.1, 0.15) is 19.4 Å². The van der Waals surface area contributed by atoms with Crippen molar-refractivity contribution < 1.29 is 17.9 Å². The fourth-order valence-corrected chi connectivity index (χ4v) is 4.48. The Morgan fingerprint density at radius 2 is 1.90 bits per heavy atom. The maximum Gasteiger partial charge on any atom is 0.243 e. The summed E-state index contributed by atoms with van der Waals surface area (Å²) in [5, 5.41) is 2.85. The fourth-order valence-electron chi connectivity index (χ4n) is 3.31. The van der Waals surface area contributed by atoms with Gasteiger partial charge in [0.25, 0.3) is 0 Å². The number of nitrogens with zero attached hydrogens (tertiary/aromatic N) is 3. The highest BCUT2D eigenvalue weighted by atomic mass is 32.2. The lowest BCUT2D eigenvalue weighted by Crippen LogP contribution is -2.47. The molecule has 9 heteroatoms. The van der Waals surface area contributed by atoms with Gasteiger partial charge >= 0.3 is 0 Å². The first-order valence-corrected chi connectivity index (χ1v) is 11.7. The molecule has 0 aliphatic rings. The lowest BCUT2D eigenvalue weighted by molar-refractivity contribution is -0.122. The molecule has 2 aromatic carbocycles. The number of hydrogen-bond donors (Lipinski definition) is 1. The van der Waals surface area contributed by atoms with Crippen LogP contribution in [0.4, 0.5) is 5.69 Å². The van der Waals surface area contributed by atoms with Gasteiger partial charge in [-0.15, -0.1) is 0 Å². The van der Waals surface area contributed by atoms with Crippen LogP contribution in [0, 0.1) is 0 Å². The smallest absolute Gasteiger partial charge is 0.243 e. The molecular formula is C22H26N4O4S. The Hall–Kier alpha value is -3.33. The predicted molar refractivity (Wildman–Crippen MR) is 120 cm³/mol. The van der Waals surface area contributed by atoms with Crippen LogP contribution >= 0.6 is 0 Å². The van der Waals surface area contributed by atoms with E-state index in [1.807, 2.05) is 42.0 Å². The highest BCUT2D eigenvalue weighted by Crippen LogP contribution is 2.24. The Labute approximate surface area is 182 Å². The molecule has 0 bridgehead atoms. The first-order valence-electron chi connectivity index (χ1n) is 9.87. The van der Waals surface area contributed by atoms with Gasteiger partial charge in [-0.05, 0) is 49.7 Å². The second-order valence-corrected chi connectivity index (χ2v) is 8.84. The lowest BCUT2D eigenvalue weighted by Gasteiger charge is -2.28. The summed E-state index contributed by atoms with van der Waals surface area (Å²) in [7, 11) is -3.69. The fraction of sp³-hybridized carbons (Fsp3) is 0.273. The van der Waals surface area contributed by atoms with Crippen LogP contribution in [0.3, 0.4) is 0 Å². The summed E-state index contributed by atoms with van der Waals surface area (Å²) >= 11 is 0. The molecule has 164 valence electrons. The summed E-state index contributed by atoms with van der Waals surface area (Å²) in [6.07, 6.45) is 6.26. The van der Waals surface area contributed by atoms with E-state index in [0.29, 0.717) is 18.0 Å². The van der Waals surface area contributed by atoms with Crippen molar-refractivity contribution in [3.63, 3.8) is 0 Å². The molecule has 0 saturated carbocycles. The van der Waals surface area contributed by atoms with E-state index in [1.165, 1.54) is 0 Å². The second-order valence-electron chi connectivity index (χ2n) is 6.98. The number of anilines is 1. The molecule has 8 nitrogen and oxygen atoms in total. The van der Waals surface area contributed by atoms with Crippen LogP contribution in [0.15, 0.2) is 67.3 Å². The zero-order valence-electron chi connectivity index (χ0n) is 17.7. The molecule has 0 aliphatic carbocycles. The van der Waals surface area contributed by atoms with E-state index >= 15 is 0 Å². The van der Waals surface area contributed by atoms with Gasteiger partial charge in [0.1, 0.15) is 11.8 Å². The van der Waals surface area contributed by atoms with Crippen molar-refractivity contribution in [3.05, 3.63) is 72.8 Å². The van der Waals surface area contributed by atoms with Gasteiger partial charge in [0.05, 0.1) is 30.6 Å². The van der Waals surface area contributed by atoms with Crippen molar-refractivity contribution in [2.24, 2.45) is 0 Å². The number of carbonyl (C=O) groups excluding carboxylic acids is 1. The maximum atomic E-state index is 12.9. The van der Waals surface area contributed by atoms with Crippen LogP contribution in [0.2, 0.25) is 0 Å². The van der Waals surface area contributed by atoms with Crippen LogP contribution in [-0.2, 0) is 21.4 Å². The van der Waals surface area contributed by atoms with E-state index in [2.05, 4.69) is 10.3 Å². The Balaban J connectivity index is 1.77. The van der Waals surface area contributed by atoms with Crippen molar-refractivity contribution in [2.45, 2.75) is 26.4 Å². The van der Waals surface area contributed by atoms with Gasteiger partial charge in [-0.25, -0.2) is 13.4 Å². The van der Waals surface area contributed by atoms with Crippen molar-refractivity contribution in [3.8, 4) is 11.4 Å². The molecule has 0 radical (unpaired) electrons. The van der Waals surface area contributed by atoms with Gasteiger partial charge in [-0.1, -0.05) is 18.2 Å². The molecule has 3 aromatic rings.